The standard InChI is InChI=1S/C27H15NO7/c29-25-19-10-9-17(34-27(31)22-8-4-12-33-22)14-23(19)35-24(25)13-16-15-28(20-6-2-1-5-18(16)20)26(30)21-7-3-11-32-21/h1-15H. The zero-order valence-electron chi connectivity index (χ0n) is 18.0. The number of ether oxygens (including phenoxy) is 2. The lowest BCUT2D eigenvalue weighted by Gasteiger charge is -2.04. The monoisotopic (exact) mass is 465 g/mol. The Kier molecular flexibility index (Phi) is 4.70. The van der Waals surface area contributed by atoms with E-state index in [1.807, 2.05) is 24.3 Å². The molecule has 0 bridgehead atoms. The SMILES string of the molecule is O=C(Oc1ccc2c(c1)OC(=Cc1cn(C(=O)c3ccco3)c3ccccc13)C2=O)c1ccco1. The third-order valence-corrected chi connectivity index (χ3v) is 5.55. The quantitative estimate of drug-likeness (QED) is 0.200. The third-order valence-electron chi connectivity index (χ3n) is 5.55. The predicted molar refractivity (Wildman–Crippen MR) is 123 cm³/mol. The summed E-state index contributed by atoms with van der Waals surface area (Å²) in [5.41, 5.74) is 1.63. The second kappa shape index (κ2) is 8.03. The highest BCUT2D eigenvalue weighted by Gasteiger charge is 2.29. The molecule has 0 saturated heterocycles. The van der Waals surface area contributed by atoms with Gasteiger partial charge >= 0.3 is 5.97 Å². The lowest BCUT2D eigenvalue weighted by molar-refractivity contribution is 0.0701. The highest BCUT2D eigenvalue weighted by molar-refractivity contribution is 6.15. The van der Waals surface area contributed by atoms with E-state index in [2.05, 4.69) is 0 Å². The van der Waals surface area contributed by atoms with Crippen LogP contribution < -0.4 is 9.47 Å². The minimum Gasteiger partial charge on any atom is -0.459 e. The van der Waals surface area contributed by atoms with Crippen molar-refractivity contribution in [3.8, 4) is 11.5 Å². The molecule has 0 saturated carbocycles. The van der Waals surface area contributed by atoms with Gasteiger partial charge in [-0.3, -0.25) is 14.2 Å². The summed E-state index contributed by atoms with van der Waals surface area (Å²) < 4.78 is 22.9. The Morgan fingerprint density at radius 3 is 2.43 bits per heavy atom. The molecular formula is C27H15NO7. The van der Waals surface area contributed by atoms with E-state index in [0.717, 1.165) is 5.39 Å². The molecule has 6 rings (SSSR count). The molecule has 1 aliphatic heterocycles. The summed E-state index contributed by atoms with van der Waals surface area (Å²) in [6.45, 7) is 0. The van der Waals surface area contributed by atoms with Crippen LogP contribution in [0, 0.1) is 0 Å². The summed E-state index contributed by atoms with van der Waals surface area (Å²) in [4.78, 5) is 38.0. The van der Waals surface area contributed by atoms with Gasteiger partial charge in [0.05, 0.1) is 23.6 Å². The minimum atomic E-state index is -0.663. The molecule has 8 nitrogen and oxygen atoms in total. The molecule has 8 heteroatoms. The Hall–Kier alpha value is -5.11. The Balaban J connectivity index is 1.32. The van der Waals surface area contributed by atoms with Crippen LogP contribution in [0.5, 0.6) is 11.5 Å². The molecule has 0 amide bonds. The predicted octanol–water partition coefficient (Wildman–Crippen LogP) is 5.35. The number of benzene rings is 2. The van der Waals surface area contributed by atoms with Crippen LogP contribution in [0.2, 0.25) is 0 Å². The molecule has 0 aliphatic carbocycles. The van der Waals surface area contributed by atoms with Crippen LogP contribution in [0.3, 0.4) is 0 Å². The van der Waals surface area contributed by atoms with Crippen LogP contribution in [-0.2, 0) is 0 Å². The Bertz CT molecular complexity index is 1640. The fourth-order valence-electron chi connectivity index (χ4n) is 3.93. The Morgan fingerprint density at radius 2 is 1.66 bits per heavy atom. The fourth-order valence-corrected chi connectivity index (χ4v) is 3.93. The lowest BCUT2D eigenvalue weighted by atomic mass is 10.1. The maximum atomic E-state index is 13.0. The number of hydrogen-bond donors (Lipinski definition) is 0. The summed E-state index contributed by atoms with van der Waals surface area (Å²) in [5.74, 6) is -0.502. The average Bonchev–Trinajstić information content (AvgIpc) is 3.67. The van der Waals surface area contributed by atoms with Crippen molar-refractivity contribution in [2.45, 2.75) is 0 Å². The first-order valence-electron chi connectivity index (χ1n) is 10.6. The van der Waals surface area contributed by atoms with Gasteiger partial charge in [0.25, 0.3) is 5.91 Å². The molecule has 0 unspecified atom stereocenters. The smallest absolute Gasteiger partial charge is 0.379 e. The number of esters is 1. The number of Topliss-reactive ketones (excluding diaryl/α,β-unsaturated/α-hetero) is 1. The van der Waals surface area contributed by atoms with Crippen molar-refractivity contribution in [2.24, 2.45) is 0 Å². The number of furan rings is 2. The van der Waals surface area contributed by atoms with Gasteiger partial charge in [0.15, 0.2) is 11.5 Å². The number of carbonyl (C=O) groups excluding carboxylic acids is 3. The summed E-state index contributed by atoms with van der Waals surface area (Å²) in [5, 5.41) is 0.764. The van der Waals surface area contributed by atoms with Crippen LogP contribution in [0.25, 0.3) is 17.0 Å². The first kappa shape index (κ1) is 20.5. The van der Waals surface area contributed by atoms with E-state index in [4.69, 9.17) is 18.3 Å². The number of aromatic nitrogens is 1. The van der Waals surface area contributed by atoms with Crippen LogP contribution >= 0.6 is 0 Å². The van der Waals surface area contributed by atoms with E-state index in [-0.39, 0.29) is 40.5 Å². The summed E-state index contributed by atoms with van der Waals surface area (Å²) in [7, 11) is 0. The maximum absolute atomic E-state index is 13.0. The van der Waals surface area contributed by atoms with Crippen LogP contribution in [0.1, 0.15) is 37.0 Å². The van der Waals surface area contributed by atoms with Gasteiger partial charge < -0.3 is 18.3 Å². The first-order chi connectivity index (χ1) is 17.1. The van der Waals surface area contributed by atoms with Crippen LogP contribution in [0.4, 0.5) is 0 Å². The second-order valence-electron chi connectivity index (χ2n) is 7.72. The molecule has 5 aromatic rings. The molecular weight excluding hydrogens is 450 g/mol. The molecule has 0 atom stereocenters. The van der Waals surface area contributed by atoms with E-state index < -0.39 is 5.97 Å². The normalized spacial score (nSPS) is 13.7. The average molecular weight is 465 g/mol. The molecule has 170 valence electrons. The maximum Gasteiger partial charge on any atom is 0.379 e. The highest BCUT2D eigenvalue weighted by atomic mass is 16.5. The number of hydrogen-bond acceptors (Lipinski definition) is 7. The number of nitrogens with zero attached hydrogens (tertiary/aromatic N) is 1. The van der Waals surface area contributed by atoms with Gasteiger partial charge in [-0.25, -0.2) is 4.79 Å². The van der Waals surface area contributed by atoms with Gasteiger partial charge in [0.2, 0.25) is 11.5 Å². The zero-order valence-corrected chi connectivity index (χ0v) is 18.0. The van der Waals surface area contributed by atoms with E-state index in [9.17, 15) is 14.4 Å². The Labute approximate surface area is 197 Å². The van der Waals surface area contributed by atoms with Crippen molar-refractivity contribution < 1.29 is 32.7 Å². The molecule has 0 spiro atoms. The van der Waals surface area contributed by atoms with E-state index in [0.29, 0.717) is 16.6 Å². The number of fused-ring (bicyclic) bond motifs is 2. The molecule has 4 heterocycles. The molecule has 0 radical (unpaired) electrons. The van der Waals surface area contributed by atoms with Crippen molar-refractivity contribution in [3.63, 3.8) is 0 Å². The number of allylic oxidation sites excluding steroid dienone is 1. The van der Waals surface area contributed by atoms with Crippen molar-refractivity contribution in [1.82, 2.24) is 4.57 Å². The first-order valence-corrected chi connectivity index (χ1v) is 10.6. The molecule has 3 aromatic heterocycles. The Morgan fingerprint density at radius 1 is 0.886 bits per heavy atom. The van der Waals surface area contributed by atoms with Crippen molar-refractivity contribution >= 4 is 34.6 Å². The molecule has 0 fully saturated rings. The van der Waals surface area contributed by atoms with Gasteiger partial charge in [-0.1, -0.05) is 18.2 Å². The van der Waals surface area contributed by atoms with Crippen LogP contribution in [0.15, 0.2) is 100 Å². The van der Waals surface area contributed by atoms with E-state index >= 15 is 0 Å². The second-order valence-corrected chi connectivity index (χ2v) is 7.72. The minimum absolute atomic E-state index is 0.0589. The van der Waals surface area contributed by atoms with Gasteiger partial charge in [-0.05, 0) is 48.5 Å². The molecule has 2 aromatic carbocycles. The van der Waals surface area contributed by atoms with E-state index in [1.54, 1.807) is 30.5 Å². The number of para-hydroxylation sites is 1. The van der Waals surface area contributed by atoms with Crippen molar-refractivity contribution in [3.05, 3.63) is 114 Å². The molecule has 1 aliphatic rings. The number of ketones is 1. The topological polar surface area (TPSA) is 101 Å². The van der Waals surface area contributed by atoms with Gasteiger partial charge in [0.1, 0.15) is 11.5 Å². The summed E-state index contributed by atoms with van der Waals surface area (Å²) in [6.07, 6.45) is 6.03. The number of carbonyl (C=O) groups is 3. The third kappa shape index (κ3) is 3.53. The van der Waals surface area contributed by atoms with Gasteiger partial charge in [0, 0.05) is 23.2 Å². The summed E-state index contributed by atoms with van der Waals surface area (Å²) in [6, 6.07) is 18.2. The van der Waals surface area contributed by atoms with Gasteiger partial charge in [-0.15, -0.1) is 0 Å². The zero-order chi connectivity index (χ0) is 23.9. The highest BCUT2D eigenvalue weighted by Crippen LogP contribution is 2.36. The number of rotatable bonds is 4. The van der Waals surface area contributed by atoms with Crippen molar-refractivity contribution in [2.75, 3.05) is 0 Å². The lowest BCUT2D eigenvalue weighted by Crippen LogP contribution is -2.09. The van der Waals surface area contributed by atoms with E-state index in [1.165, 1.54) is 41.4 Å². The van der Waals surface area contributed by atoms with Crippen molar-refractivity contribution in [1.29, 1.82) is 0 Å². The largest absolute Gasteiger partial charge is 0.459 e. The van der Waals surface area contributed by atoms with Gasteiger partial charge in [-0.2, -0.15) is 0 Å². The molecule has 35 heavy (non-hydrogen) atoms. The fraction of sp³-hybridized carbons (Fsp3) is 0. The molecule has 0 N–H and O–H groups in total. The summed E-state index contributed by atoms with van der Waals surface area (Å²) >= 11 is 0. The van der Waals surface area contributed by atoms with Crippen LogP contribution in [-0.4, -0.2) is 22.2 Å².